The highest BCUT2D eigenvalue weighted by molar-refractivity contribution is 4.86. The number of nitrogens with one attached hydrogen (secondary N) is 2. The van der Waals surface area contributed by atoms with Gasteiger partial charge in [0.1, 0.15) is 0 Å². The van der Waals surface area contributed by atoms with Crippen molar-refractivity contribution >= 4 is 0 Å². The van der Waals surface area contributed by atoms with Gasteiger partial charge in [0.15, 0.2) is 0 Å². The van der Waals surface area contributed by atoms with Gasteiger partial charge < -0.3 is 10.6 Å². The van der Waals surface area contributed by atoms with E-state index in [-0.39, 0.29) is 0 Å². The van der Waals surface area contributed by atoms with Gasteiger partial charge in [-0.25, -0.2) is 0 Å². The van der Waals surface area contributed by atoms with Crippen molar-refractivity contribution in [2.45, 2.75) is 63.8 Å². The van der Waals surface area contributed by atoms with E-state index in [2.05, 4.69) is 17.6 Å². The Kier molecular flexibility index (Phi) is 4.66. The molecule has 0 aromatic heterocycles. The van der Waals surface area contributed by atoms with E-state index in [0.717, 1.165) is 5.92 Å². The molecule has 1 heterocycles. The third-order valence-electron chi connectivity index (χ3n) is 4.46. The molecule has 16 heavy (non-hydrogen) atoms. The fraction of sp³-hybridized carbons (Fsp3) is 1.00. The molecule has 2 nitrogen and oxygen atoms in total. The molecule has 2 rings (SSSR count). The lowest BCUT2D eigenvalue weighted by molar-refractivity contribution is 0.251. The maximum atomic E-state index is 3.80. The summed E-state index contributed by atoms with van der Waals surface area (Å²) in [4.78, 5) is 0. The molecule has 1 saturated heterocycles. The Labute approximate surface area is 101 Å². The molecule has 1 aliphatic carbocycles. The van der Waals surface area contributed by atoms with Crippen LogP contribution >= 0.6 is 0 Å². The van der Waals surface area contributed by atoms with Crippen molar-refractivity contribution in [3.05, 3.63) is 0 Å². The van der Waals surface area contributed by atoms with Gasteiger partial charge in [0.2, 0.25) is 0 Å². The van der Waals surface area contributed by atoms with Gasteiger partial charge in [0, 0.05) is 5.54 Å². The van der Waals surface area contributed by atoms with Crippen LogP contribution in [0, 0.1) is 5.92 Å². The zero-order valence-corrected chi connectivity index (χ0v) is 10.9. The van der Waals surface area contributed by atoms with Crippen molar-refractivity contribution in [3.63, 3.8) is 0 Å². The van der Waals surface area contributed by atoms with Gasteiger partial charge in [0.25, 0.3) is 0 Å². The monoisotopic (exact) mass is 224 g/mol. The summed E-state index contributed by atoms with van der Waals surface area (Å²) in [6.07, 6.45) is 11.3. The predicted octanol–water partition coefficient (Wildman–Crippen LogP) is 2.69. The number of hydrogen-bond acceptors (Lipinski definition) is 2. The Morgan fingerprint density at radius 1 is 1.25 bits per heavy atom. The Bertz CT molecular complexity index is 191. The molecule has 0 radical (unpaired) electrons. The van der Waals surface area contributed by atoms with Crippen molar-refractivity contribution in [3.8, 4) is 0 Å². The number of rotatable bonds is 5. The molecule has 1 aliphatic heterocycles. The molecular weight excluding hydrogens is 196 g/mol. The second-order valence-corrected chi connectivity index (χ2v) is 6.05. The molecule has 0 bridgehead atoms. The summed E-state index contributed by atoms with van der Waals surface area (Å²) in [5.74, 6) is 0.959. The molecule has 1 unspecified atom stereocenters. The minimum absolute atomic E-state index is 0.464. The molecule has 94 valence electrons. The van der Waals surface area contributed by atoms with Gasteiger partial charge in [-0.1, -0.05) is 19.3 Å². The zero-order valence-electron chi connectivity index (χ0n) is 10.9. The van der Waals surface area contributed by atoms with E-state index >= 15 is 0 Å². The summed E-state index contributed by atoms with van der Waals surface area (Å²) in [7, 11) is 0. The van der Waals surface area contributed by atoms with Crippen molar-refractivity contribution in [1.29, 1.82) is 0 Å². The Morgan fingerprint density at radius 3 is 2.75 bits per heavy atom. The summed E-state index contributed by atoms with van der Waals surface area (Å²) >= 11 is 0. The number of hydrogen-bond donors (Lipinski definition) is 2. The summed E-state index contributed by atoms with van der Waals surface area (Å²) < 4.78 is 0. The van der Waals surface area contributed by atoms with Crippen LogP contribution in [0.2, 0.25) is 0 Å². The average Bonchev–Trinajstić information content (AvgIpc) is 2.78. The van der Waals surface area contributed by atoms with E-state index in [0.29, 0.717) is 5.54 Å². The molecule has 1 saturated carbocycles. The minimum Gasteiger partial charge on any atom is -0.316 e. The molecule has 0 spiro atoms. The molecule has 1 atom stereocenters. The van der Waals surface area contributed by atoms with Crippen molar-refractivity contribution in [2.24, 2.45) is 5.92 Å². The summed E-state index contributed by atoms with van der Waals surface area (Å²) in [5.41, 5.74) is 0.464. The van der Waals surface area contributed by atoms with E-state index < -0.39 is 0 Å². The SMILES string of the molecule is CC1(NCCCC2CCNC2)CCCCC1. The van der Waals surface area contributed by atoms with Crippen LogP contribution in [0.1, 0.15) is 58.3 Å². The van der Waals surface area contributed by atoms with E-state index in [9.17, 15) is 0 Å². The van der Waals surface area contributed by atoms with Gasteiger partial charge in [-0.2, -0.15) is 0 Å². The third-order valence-corrected chi connectivity index (χ3v) is 4.46. The lowest BCUT2D eigenvalue weighted by Gasteiger charge is -2.35. The summed E-state index contributed by atoms with van der Waals surface area (Å²) in [5, 5.41) is 7.25. The Morgan fingerprint density at radius 2 is 2.06 bits per heavy atom. The van der Waals surface area contributed by atoms with Gasteiger partial charge in [0.05, 0.1) is 0 Å². The molecule has 0 aromatic rings. The normalized spacial score (nSPS) is 29.4. The summed E-state index contributed by atoms with van der Waals surface area (Å²) in [6, 6.07) is 0. The van der Waals surface area contributed by atoms with Crippen molar-refractivity contribution in [2.75, 3.05) is 19.6 Å². The predicted molar refractivity (Wildman–Crippen MR) is 69.7 cm³/mol. The van der Waals surface area contributed by atoms with Gasteiger partial charge in [-0.05, 0) is 64.6 Å². The smallest absolute Gasteiger partial charge is 0.0153 e. The van der Waals surface area contributed by atoms with Crippen LogP contribution < -0.4 is 10.6 Å². The first kappa shape index (κ1) is 12.4. The Balaban J connectivity index is 1.56. The van der Waals surface area contributed by atoms with Crippen LogP contribution in [0.4, 0.5) is 0 Å². The highest BCUT2D eigenvalue weighted by Crippen LogP contribution is 2.27. The van der Waals surface area contributed by atoms with Crippen LogP contribution in [-0.4, -0.2) is 25.2 Å². The lowest BCUT2D eigenvalue weighted by atomic mass is 9.83. The average molecular weight is 224 g/mol. The fourth-order valence-corrected chi connectivity index (χ4v) is 3.25. The van der Waals surface area contributed by atoms with Crippen LogP contribution in [0.15, 0.2) is 0 Å². The van der Waals surface area contributed by atoms with Crippen molar-refractivity contribution < 1.29 is 0 Å². The standard InChI is InChI=1S/C14H28N2/c1-14(8-3-2-4-9-14)16-10-5-6-13-7-11-15-12-13/h13,15-16H,2-12H2,1H3. The highest BCUT2D eigenvalue weighted by Gasteiger charge is 2.25. The maximum absolute atomic E-state index is 3.80. The van der Waals surface area contributed by atoms with E-state index in [1.54, 1.807) is 0 Å². The second-order valence-electron chi connectivity index (χ2n) is 6.05. The van der Waals surface area contributed by atoms with Gasteiger partial charge >= 0.3 is 0 Å². The third kappa shape index (κ3) is 3.74. The fourth-order valence-electron chi connectivity index (χ4n) is 3.25. The van der Waals surface area contributed by atoms with Gasteiger partial charge in [-0.3, -0.25) is 0 Å². The first-order valence-electron chi connectivity index (χ1n) is 7.24. The molecule has 0 amide bonds. The maximum Gasteiger partial charge on any atom is 0.0153 e. The van der Waals surface area contributed by atoms with Crippen LogP contribution in [0.5, 0.6) is 0 Å². The second kappa shape index (κ2) is 6.02. The highest BCUT2D eigenvalue weighted by atomic mass is 15.0. The quantitative estimate of drug-likeness (QED) is 0.702. The lowest BCUT2D eigenvalue weighted by Crippen LogP contribution is -2.44. The Hall–Kier alpha value is -0.0800. The minimum atomic E-state index is 0.464. The molecular formula is C14H28N2. The largest absolute Gasteiger partial charge is 0.316 e. The molecule has 0 aromatic carbocycles. The first-order chi connectivity index (χ1) is 7.79. The van der Waals surface area contributed by atoms with Crippen LogP contribution in [-0.2, 0) is 0 Å². The van der Waals surface area contributed by atoms with Crippen LogP contribution in [0.25, 0.3) is 0 Å². The van der Waals surface area contributed by atoms with E-state index in [4.69, 9.17) is 0 Å². The summed E-state index contributed by atoms with van der Waals surface area (Å²) in [6.45, 7) is 6.16. The first-order valence-corrected chi connectivity index (χ1v) is 7.24. The molecule has 2 fully saturated rings. The molecule has 2 heteroatoms. The molecule has 2 N–H and O–H groups in total. The molecule has 2 aliphatic rings. The topological polar surface area (TPSA) is 24.1 Å². The van der Waals surface area contributed by atoms with Crippen molar-refractivity contribution in [1.82, 2.24) is 10.6 Å². The van der Waals surface area contributed by atoms with E-state index in [1.165, 1.54) is 71.0 Å². The van der Waals surface area contributed by atoms with Crippen LogP contribution in [0.3, 0.4) is 0 Å². The zero-order chi connectivity index (χ0) is 11.3. The van der Waals surface area contributed by atoms with Gasteiger partial charge in [-0.15, -0.1) is 0 Å². The van der Waals surface area contributed by atoms with E-state index in [1.807, 2.05) is 0 Å².